The van der Waals surface area contributed by atoms with E-state index in [0.29, 0.717) is 18.9 Å². The molecule has 1 aromatic carbocycles. The Balaban J connectivity index is 1.57. The van der Waals surface area contributed by atoms with Crippen LogP contribution in [0.3, 0.4) is 0 Å². The maximum atomic E-state index is 11.4. The van der Waals surface area contributed by atoms with E-state index in [0.717, 1.165) is 12.8 Å². The summed E-state index contributed by atoms with van der Waals surface area (Å²) >= 11 is 0. The summed E-state index contributed by atoms with van der Waals surface area (Å²) in [5.41, 5.74) is 1.25. The largest absolute Gasteiger partial charge is 0.467 e. The molecular weight excluding hydrogens is 242 g/mol. The summed E-state index contributed by atoms with van der Waals surface area (Å²) in [6.45, 7) is 0.767. The summed E-state index contributed by atoms with van der Waals surface area (Å²) in [5, 5.41) is 2.63. The highest BCUT2D eigenvalue weighted by Gasteiger charge is 2.03. The van der Waals surface area contributed by atoms with Crippen molar-refractivity contribution in [2.45, 2.75) is 19.4 Å². The van der Waals surface area contributed by atoms with E-state index in [1.165, 1.54) is 5.56 Å². The zero-order valence-corrected chi connectivity index (χ0v) is 10.7. The molecule has 0 aliphatic carbocycles. The Labute approximate surface area is 112 Å². The first-order valence-electron chi connectivity index (χ1n) is 6.31. The Morgan fingerprint density at radius 2 is 2.00 bits per heavy atom. The van der Waals surface area contributed by atoms with Crippen molar-refractivity contribution < 1.29 is 13.9 Å². The molecule has 2 aromatic rings. The van der Waals surface area contributed by atoms with Gasteiger partial charge in [0.25, 0.3) is 0 Å². The number of nitrogens with one attached hydrogen (secondary N) is 1. The van der Waals surface area contributed by atoms with Gasteiger partial charge < -0.3 is 14.5 Å². The summed E-state index contributed by atoms with van der Waals surface area (Å²) in [5.74, 6) is 0.709. The highest BCUT2D eigenvalue weighted by Crippen LogP contribution is 2.02. The summed E-state index contributed by atoms with van der Waals surface area (Å²) in [6.07, 6.45) is 2.89. The lowest BCUT2D eigenvalue weighted by Gasteiger charge is -2.05. The molecule has 0 fully saturated rings. The molecule has 1 heterocycles. The fourth-order valence-corrected chi connectivity index (χ4v) is 1.71. The number of carbonyl (C=O) groups excluding carboxylic acids is 1. The van der Waals surface area contributed by atoms with Crippen molar-refractivity contribution in [1.82, 2.24) is 5.32 Å². The molecule has 4 nitrogen and oxygen atoms in total. The Bertz CT molecular complexity index is 479. The van der Waals surface area contributed by atoms with Gasteiger partial charge in [-0.25, -0.2) is 4.79 Å². The Morgan fingerprint density at radius 1 is 1.16 bits per heavy atom. The van der Waals surface area contributed by atoms with Gasteiger partial charge in [-0.1, -0.05) is 30.3 Å². The van der Waals surface area contributed by atoms with Crippen LogP contribution in [0.5, 0.6) is 0 Å². The lowest BCUT2D eigenvalue weighted by molar-refractivity contribution is 0.143. The van der Waals surface area contributed by atoms with Crippen LogP contribution < -0.4 is 5.32 Å². The zero-order valence-electron chi connectivity index (χ0n) is 10.7. The van der Waals surface area contributed by atoms with Crippen molar-refractivity contribution in [3.63, 3.8) is 0 Å². The van der Waals surface area contributed by atoms with Gasteiger partial charge in [-0.15, -0.1) is 0 Å². The average Bonchev–Trinajstić information content (AvgIpc) is 2.96. The van der Waals surface area contributed by atoms with Gasteiger partial charge >= 0.3 is 6.09 Å². The molecule has 0 radical (unpaired) electrons. The summed E-state index contributed by atoms with van der Waals surface area (Å²) in [4.78, 5) is 11.4. The van der Waals surface area contributed by atoms with Gasteiger partial charge in [0.1, 0.15) is 5.76 Å². The number of rotatable bonds is 6. The molecule has 0 unspecified atom stereocenters. The molecule has 0 bridgehead atoms. The fourth-order valence-electron chi connectivity index (χ4n) is 1.71. The van der Waals surface area contributed by atoms with Gasteiger partial charge in [0, 0.05) is 0 Å². The first kappa shape index (κ1) is 13.2. The standard InChI is InChI=1S/C15H17NO3/c17-15(16-12-14-9-5-10-18-14)19-11-4-8-13-6-2-1-3-7-13/h1-3,5-7,9-10H,4,8,11-12H2,(H,16,17). The molecule has 2 rings (SSSR count). The Hall–Kier alpha value is -2.23. The smallest absolute Gasteiger partial charge is 0.407 e. The summed E-state index contributed by atoms with van der Waals surface area (Å²) < 4.78 is 10.2. The maximum Gasteiger partial charge on any atom is 0.407 e. The predicted molar refractivity (Wildman–Crippen MR) is 71.7 cm³/mol. The maximum absolute atomic E-state index is 11.4. The van der Waals surface area contributed by atoms with Crippen molar-refractivity contribution in [2.75, 3.05) is 6.61 Å². The normalized spacial score (nSPS) is 10.1. The summed E-state index contributed by atoms with van der Waals surface area (Å²) in [6, 6.07) is 13.7. The van der Waals surface area contributed by atoms with Crippen molar-refractivity contribution >= 4 is 6.09 Å². The number of furan rings is 1. The van der Waals surface area contributed by atoms with Crippen LogP contribution in [0.25, 0.3) is 0 Å². The molecular formula is C15H17NO3. The number of hydrogen-bond donors (Lipinski definition) is 1. The lowest BCUT2D eigenvalue weighted by Crippen LogP contribution is -2.24. The minimum Gasteiger partial charge on any atom is -0.467 e. The molecule has 0 saturated heterocycles. The van der Waals surface area contributed by atoms with Crippen LogP contribution in [-0.4, -0.2) is 12.7 Å². The molecule has 0 saturated carbocycles. The van der Waals surface area contributed by atoms with E-state index in [4.69, 9.17) is 9.15 Å². The number of hydrogen-bond acceptors (Lipinski definition) is 3. The topological polar surface area (TPSA) is 51.5 Å². The molecule has 4 heteroatoms. The quantitative estimate of drug-likeness (QED) is 0.811. The van der Waals surface area contributed by atoms with Crippen molar-refractivity contribution in [2.24, 2.45) is 0 Å². The van der Waals surface area contributed by atoms with Crippen LogP contribution in [0.4, 0.5) is 4.79 Å². The van der Waals surface area contributed by atoms with E-state index in [1.807, 2.05) is 18.2 Å². The third-order valence-corrected chi connectivity index (χ3v) is 2.67. The number of alkyl carbamates (subject to hydrolysis) is 1. The van der Waals surface area contributed by atoms with Crippen molar-refractivity contribution in [1.29, 1.82) is 0 Å². The minimum absolute atomic E-state index is 0.352. The molecule has 1 aromatic heterocycles. The van der Waals surface area contributed by atoms with Crippen LogP contribution >= 0.6 is 0 Å². The highest BCUT2D eigenvalue weighted by atomic mass is 16.5. The van der Waals surface area contributed by atoms with Crippen LogP contribution in [0, 0.1) is 0 Å². The van der Waals surface area contributed by atoms with E-state index >= 15 is 0 Å². The minimum atomic E-state index is -0.413. The van der Waals surface area contributed by atoms with Crippen LogP contribution in [0.15, 0.2) is 53.1 Å². The van der Waals surface area contributed by atoms with Gasteiger partial charge in [-0.2, -0.15) is 0 Å². The lowest BCUT2D eigenvalue weighted by atomic mass is 10.1. The first-order valence-corrected chi connectivity index (χ1v) is 6.31. The fraction of sp³-hybridized carbons (Fsp3) is 0.267. The molecule has 0 spiro atoms. The van der Waals surface area contributed by atoms with Gasteiger partial charge in [0.2, 0.25) is 0 Å². The zero-order chi connectivity index (χ0) is 13.3. The second-order valence-electron chi connectivity index (χ2n) is 4.16. The van der Waals surface area contributed by atoms with Crippen molar-refractivity contribution in [3.05, 3.63) is 60.1 Å². The Kier molecular flexibility index (Phi) is 5.05. The molecule has 1 amide bonds. The van der Waals surface area contributed by atoms with Gasteiger partial charge in [0.05, 0.1) is 19.4 Å². The van der Waals surface area contributed by atoms with Gasteiger partial charge in [0.15, 0.2) is 0 Å². The van der Waals surface area contributed by atoms with Gasteiger partial charge in [-0.3, -0.25) is 0 Å². The molecule has 0 atom stereocenters. The molecule has 100 valence electrons. The first-order chi connectivity index (χ1) is 9.34. The monoisotopic (exact) mass is 259 g/mol. The van der Waals surface area contributed by atoms with E-state index < -0.39 is 6.09 Å². The number of ether oxygens (including phenoxy) is 1. The number of aryl methyl sites for hydroxylation is 1. The Morgan fingerprint density at radius 3 is 2.74 bits per heavy atom. The average molecular weight is 259 g/mol. The summed E-state index contributed by atoms with van der Waals surface area (Å²) in [7, 11) is 0. The third kappa shape index (κ3) is 4.87. The predicted octanol–water partition coefficient (Wildman–Crippen LogP) is 3.14. The molecule has 0 aliphatic heterocycles. The van der Waals surface area contributed by atoms with Crippen LogP contribution in [0.2, 0.25) is 0 Å². The molecule has 1 N–H and O–H groups in total. The van der Waals surface area contributed by atoms with E-state index in [-0.39, 0.29) is 0 Å². The number of carbonyl (C=O) groups is 1. The second-order valence-corrected chi connectivity index (χ2v) is 4.16. The van der Waals surface area contributed by atoms with E-state index in [9.17, 15) is 4.79 Å². The van der Waals surface area contributed by atoms with Gasteiger partial charge in [-0.05, 0) is 30.5 Å². The molecule has 19 heavy (non-hydrogen) atoms. The SMILES string of the molecule is O=C(NCc1ccco1)OCCCc1ccccc1. The van der Waals surface area contributed by atoms with E-state index in [1.54, 1.807) is 18.4 Å². The number of benzene rings is 1. The number of amides is 1. The third-order valence-electron chi connectivity index (χ3n) is 2.67. The van der Waals surface area contributed by atoms with Crippen molar-refractivity contribution in [3.8, 4) is 0 Å². The highest BCUT2D eigenvalue weighted by molar-refractivity contribution is 5.66. The van der Waals surface area contributed by atoms with Crippen LogP contribution in [0.1, 0.15) is 17.7 Å². The van der Waals surface area contributed by atoms with Crippen LogP contribution in [-0.2, 0) is 17.7 Å². The van der Waals surface area contributed by atoms with E-state index in [2.05, 4.69) is 17.4 Å². The second kappa shape index (κ2) is 7.26. The molecule has 0 aliphatic rings.